The topological polar surface area (TPSA) is 58.6 Å². The van der Waals surface area contributed by atoms with Crippen molar-refractivity contribution in [3.63, 3.8) is 0 Å². The molecule has 1 amide bonds. The molecule has 2 atom stereocenters. The van der Waals surface area contributed by atoms with Crippen LogP contribution in [0.4, 0.5) is 0 Å². The maximum absolute atomic E-state index is 10.4. The van der Waals surface area contributed by atoms with E-state index in [2.05, 4.69) is 10.1 Å². The van der Waals surface area contributed by atoms with Crippen molar-refractivity contribution in [1.29, 1.82) is 0 Å². The third kappa shape index (κ3) is 0.801. The Morgan fingerprint density at radius 2 is 2.50 bits per heavy atom. The van der Waals surface area contributed by atoms with Gasteiger partial charge in [0.2, 0.25) is 6.41 Å². The maximum Gasteiger partial charge on any atom is 0.252 e. The van der Waals surface area contributed by atoms with E-state index in [9.17, 15) is 4.79 Å². The summed E-state index contributed by atoms with van der Waals surface area (Å²) in [6.07, 6.45) is -1.61. The van der Waals surface area contributed by atoms with E-state index in [1.807, 2.05) is 0 Å². The lowest BCUT2D eigenvalue weighted by Gasteiger charge is -1.97. The largest absolute Gasteiger partial charge is 0.351 e. The lowest BCUT2D eigenvalue weighted by molar-refractivity contribution is -0.123. The molecule has 0 aromatic rings. The number of amides is 1. The van der Waals surface area contributed by atoms with Crippen LogP contribution >= 0.6 is 0 Å². The lowest BCUT2D eigenvalue weighted by atomic mass is 10.4. The Morgan fingerprint density at radius 3 is 2.62 bits per heavy atom. The van der Waals surface area contributed by atoms with Crippen molar-refractivity contribution < 1.29 is 14.6 Å². The molecule has 4 heteroatoms. The van der Waals surface area contributed by atoms with Crippen molar-refractivity contribution >= 4 is 5.91 Å². The number of carbonyl (C=O) groups excluding carboxylic acids is 1. The van der Waals surface area contributed by atoms with E-state index < -0.39 is 12.5 Å². The fourth-order valence-corrected chi connectivity index (χ4v) is 0.528. The third-order valence-electron chi connectivity index (χ3n) is 0.968. The molecule has 1 fully saturated rings. The molecule has 1 rings (SSSR count). The molecule has 0 bridgehead atoms. The van der Waals surface area contributed by atoms with Crippen LogP contribution in [0.2, 0.25) is 0 Å². The number of ether oxygens (including phenoxy) is 1. The monoisotopic (exact) mass is 117 g/mol. The summed E-state index contributed by atoms with van der Waals surface area (Å²) in [4.78, 5) is 10.4. The van der Waals surface area contributed by atoms with Crippen molar-refractivity contribution in [2.24, 2.45) is 0 Å². The van der Waals surface area contributed by atoms with Crippen LogP contribution in [0.1, 0.15) is 6.92 Å². The zero-order chi connectivity index (χ0) is 6.15. The number of nitrogens with one attached hydrogen (secondary N) is 1. The molecule has 2 unspecified atom stereocenters. The van der Waals surface area contributed by atoms with Gasteiger partial charge < -0.3 is 15.2 Å². The highest BCUT2D eigenvalue weighted by Crippen LogP contribution is 2.01. The average molecular weight is 117 g/mol. The Bertz CT molecular complexity index is 114. The van der Waals surface area contributed by atoms with E-state index in [4.69, 9.17) is 5.11 Å². The summed E-state index contributed by atoms with van der Waals surface area (Å²) in [6.45, 7) is 1.57. The summed E-state index contributed by atoms with van der Waals surface area (Å²) in [6, 6.07) is 0. The van der Waals surface area contributed by atoms with Crippen LogP contribution in [0.15, 0.2) is 0 Å². The molecule has 0 saturated carbocycles. The van der Waals surface area contributed by atoms with Crippen LogP contribution in [0, 0.1) is 0 Å². The third-order valence-corrected chi connectivity index (χ3v) is 0.968. The quantitative estimate of drug-likeness (QED) is 0.419. The van der Waals surface area contributed by atoms with Crippen LogP contribution < -0.4 is 5.32 Å². The summed E-state index contributed by atoms with van der Waals surface area (Å²) in [5.74, 6) is -0.266. The van der Waals surface area contributed by atoms with Crippen molar-refractivity contribution in [1.82, 2.24) is 5.32 Å². The molecule has 0 aromatic heterocycles. The summed E-state index contributed by atoms with van der Waals surface area (Å²) in [7, 11) is 0. The molecular weight excluding hydrogens is 110 g/mol. The molecule has 46 valence electrons. The fraction of sp³-hybridized carbons (Fsp3) is 0.750. The second-order valence-corrected chi connectivity index (χ2v) is 1.64. The molecule has 4 nitrogen and oxygen atoms in total. The van der Waals surface area contributed by atoms with Gasteiger partial charge in [-0.15, -0.1) is 0 Å². The molecule has 1 saturated heterocycles. The molecule has 8 heavy (non-hydrogen) atoms. The minimum atomic E-state index is -1.10. The van der Waals surface area contributed by atoms with Crippen LogP contribution in [-0.4, -0.2) is 23.5 Å². The minimum absolute atomic E-state index is 0.266. The second-order valence-electron chi connectivity index (χ2n) is 1.64. The number of rotatable bonds is 0. The summed E-state index contributed by atoms with van der Waals surface area (Å²) in [5.41, 5.74) is 0. The predicted molar refractivity (Wildman–Crippen MR) is 24.7 cm³/mol. The zero-order valence-corrected chi connectivity index (χ0v) is 4.42. The van der Waals surface area contributed by atoms with Gasteiger partial charge in [0.25, 0.3) is 5.91 Å². The maximum atomic E-state index is 10.4. The number of aliphatic hydroxyl groups excluding tert-OH is 1. The highest BCUT2D eigenvalue weighted by atomic mass is 16.6. The highest BCUT2D eigenvalue weighted by molar-refractivity contribution is 5.81. The van der Waals surface area contributed by atoms with Gasteiger partial charge in [-0.1, -0.05) is 0 Å². The van der Waals surface area contributed by atoms with Gasteiger partial charge in [0.05, 0.1) is 0 Å². The smallest absolute Gasteiger partial charge is 0.252 e. The Labute approximate surface area is 46.4 Å². The van der Waals surface area contributed by atoms with E-state index in [0.29, 0.717) is 0 Å². The average Bonchev–Trinajstić information content (AvgIpc) is 1.85. The van der Waals surface area contributed by atoms with Gasteiger partial charge in [-0.25, -0.2) is 0 Å². The number of carbonyl (C=O) groups is 1. The van der Waals surface area contributed by atoms with Gasteiger partial charge in [0.1, 0.15) is 6.10 Å². The van der Waals surface area contributed by atoms with E-state index in [-0.39, 0.29) is 5.91 Å². The first-order valence-electron chi connectivity index (χ1n) is 2.34. The SMILES string of the molecule is CC1OC(O)NC1=O. The Hall–Kier alpha value is -0.610. The first kappa shape index (κ1) is 5.53. The lowest BCUT2D eigenvalue weighted by Crippen LogP contribution is -2.26. The first-order chi connectivity index (χ1) is 3.70. The van der Waals surface area contributed by atoms with E-state index in [1.54, 1.807) is 6.92 Å². The van der Waals surface area contributed by atoms with Crippen molar-refractivity contribution in [3.05, 3.63) is 0 Å². The molecule has 1 aliphatic heterocycles. The van der Waals surface area contributed by atoms with Gasteiger partial charge in [0, 0.05) is 0 Å². The highest BCUT2D eigenvalue weighted by Gasteiger charge is 2.26. The summed E-state index contributed by atoms with van der Waals surface area (Å²) >= 11 is 0. The number of hydrogen-bond acceptors (Lipinski definition) is 3. The van der Waals surface area contributed by atoms with E-state index in [0.717, 1.165) is 0 Å². The van der Waals surface area contributed by atoms with Crippen molar-refractivity contribution in [2.75, 3.05) is 0 Å². The van der Waals surface area contributed by atoms with Gasteiger partial charge in [-0.2, -0.15) is 0 Å². The fourth-order valence-electron chi connectivity index (χ4n) is 0.528. The Balaban J connectivity index is 2.51. The molecule has 0 aromatic carbocycles. The zero-order valence-electron chi connectivity index (χ0n) is 4.42. The first-order valence-corrected chi connectivity index (χ1v) is 2.34. The van der Waals surface area contributed by atoms with Gasteiger partial charge >= 0.3 is 0 Å². The van der Waals surface area contributed by atoms with Gasteiger partial charge in [-0.3, -0.25) is 4.79 Å². The molecular formula is C4H7NO3. The molecule has 1 aliphatic rings. The van der Waals surface area contributed by atoms with Gasteiger partial charge in [-0.05, 0) is 6.92 Å². The van der Waals surface area contributed by atoms with Crippen molar-refractivity contribution in [2.45, 2.75) is 19.4 Å². The molecule has 2 N–H and O–H groups in total. The van der Waals surface area contributed by atoms with Gasteiger partial charge in [0.15, 0.2) is 0 Å². The van der Waals surface area contributed by atoms with Crippen LogP contribution in [0.5, 0.6) is 0 Å². The Kier molecular flexibility index (Phi) is 1.19. The molecule has 1 heterocycles. The van der Waals surface area contributed by atoms with Crippen LogP contribution in [0.25, 0.3) is 0 Å². The number of hydrogen-bond donors (Lipinski definition) is 2. The normalized spacial score (nSPS) is 37.5. The summed E-state index contributed by atoms with van der Waals surface area (Å²) < 4.78 is 4.57. The summed E-state index contributed by atoms with van der Waals surface area (Å²) in [5, 5.41) is 10.7. The molecule has 0 spiro atoms. The van der Waals surface area contributed by atoms with E-state index in [1.165, 1.54) is 0 Å². The molecule has 0 aliphatic carbocycles. The standard InChI is InChI=1S/C4H7NO3/c1-2-3(6)5-4(7)8-2/h2,4,7H,1H3,(H,5,6). The van der Waals surface area contributed by atoms with Crippen LogP contribution in [-0.2, 0) is 9.53 Å². The van der Waals surface area contributed by atoms with E-state index >= 15 is 0 Å². The Morgan fingerprint density at radius 1 is 1.88 bits per heavy atom. The minimum Gasteiger partial charge on any atom is -0.351 e. The van der Waals surface area contributed by atoms with Crippen molar-refractivity contribution in [3.8, 4) is 0 Å². The molecule has 0 radical (unpaired) electrons. The second kappa shape index (κ2) is 1.72. The predicted octanol–water partition coefficient (Wildman–Crippen LogP) is -1.20. The van der Waals surface area contributed by atoms with Crippen LogP contribution in [0.3, 0.4) is 0 Å². The number of aliphatic hydroxyl groups is 1.